The molecule has 0 atom stereocenters. The van der Waals surface area contributed by atoms with Crippen LogP contribution in [0.5, 0.6) is 0 Å². The van der Waals surface area contributed by atoms with Crippen molar-refractivity contribution in [2.24, 2.45) is 0 Å². The molecule has 0 saturated carbocycles. The van der Waals surface area contributed by atoms with Crippen molar-refractivity contribution in [2.75, 3.05) is 11.5 Å². The zero-order valence-corrected chi connectivity index (χ0v) is 11.4. The number of carboxylic acid groups (broad SMARTS) is 1. The van der Waals surface area contributed by atoms with Crippen molar-refractivity contribution in [3.05, 3.63) is 0 Å². The lowest BCUT2D eigenvalue weighted by molar-refractivity contribution is -0.137. The zero-order chi connectivity index (χ0) is 12.1. The molecule has 0 unspecified atom stereocenters. The van der Waals surface area contributed by atoms with Crippen LogP contribution in [0.3, 0.4) is 0 Å². The largest absolute Gasteiger partial charge is 0.481 e. The number of hydrogen-bond donors (Lipinski definition) is 1. The van der Waals surface area contributed by atoms with E-state index in [-0.39, 0.29) is 0 Å². The molecule has 0 aliphatic heterocycles. The van der Waals surface area contributed by atoms with Gasteiger partial charge in [0.1, 0.15) is 0 Å². The van der Waals surface area contributed by atoms with Gasteiger partial charge in [0.2, 0.25) is 0 Å². The Morgan fingerprint density at radius 2 is 1.50 bits per heavy atom. The highest BCUT2D eigenvalue weighted by Crippen LogP contribution is 2.11. The minimum atomic E-state index is -0.661. The molecule has 0 radical (unpaired) electrons. The number of carboxylic acids is 1. The minimum Gasteiger partial charge on any atom is -0.481 e. The number of unbranched alkanes of at least 4 members (excludes halogenated alkanes) is 6. The first-order valence-electron chi connectivity index (χ1n) is 6.57. The summed E-state index contributed by atoms with van der Waals surface area (Å²) >= 11 is 2.07. The van der Waals surface area contributed by atoms with Crippen LogP contribution in [0, 0.1) is 0 Å². The Labute approximate surface area is 104 Å². The number of rotatable bonds is 12. The number of aliphatic carboxylic acids is 1. The molecule has 16 heavy (non-hydrogen) atoms. The third-order valence-corrected chi connectivity index (χ3v) is 3.73. The second-order valence-corrected chi connectivity index (χ2v) is 5.46. The Bertz CT molecular complexity index is 160. The highest BCUT2D eigenvalue weighted by molar-refractivity contribution is 7.99. The van der Waals surface area contributed by atoms with Crippen molar-refractivity contribution < 1.29 is 9.90 Å². The molecule has 0 heterocycles. The standard InChI is InChI=1S/C13H26O2S/c1-2-3-8-11-16-12-9-6-4-5-7-10-13(14)15/h2-12H2,1H3,(H,14,15). The SMILES string of the molecule is CCCCCSCCCCCCCC(=O)O. The first-order valence-corrected chi connectivity index (χ1v) is 7.72. The molecule has 2 nitrogen and oxygen atoms in total. The maximum absolute atomic E-state index is 10.3. The van der Waals surface area contributed by atoms with E-state index in [1.807, 2.05) is 0 Å². The summed E-state index contributed by atoms with van der Waals surface area (Å²) in [6.07, 6.45) is 10.1. The molecule has 0 bridgehead atoms. The van der Waals surface area contributed by atoms with E-state index in [1.54, 1.807) is 0 Å². The van der Waals surface area contributed by atoms with E-state index in [0.29, 0.717) is 6.42 Å². The predicted molar refractivity (Wildman–Crippen MR) is 72.2 cm³/mol. The van der Waals surface area contributed by atoms with Gasteiger partial charge in [0.05, 0.1) is 0 Å². The first-order chi connectivity index (χ1) is 7.77. The van der Waals surface area contributed by atoms with E-state index in [1.165, 1.54) is 50.0 Å². The van der Waals surface area contributed by atoms with Gasteiger partial charge in [0.25, 0.3) is 0 Å². The summed E-state index contributed by atoms with van der Waals surface area (Å²) in [5, 5.41) is 8.45. The second-order valence-electron chi connectivity index (χ2n) is 4.23. The molecule has 0 saturated heterocycles. The monoisotopic (exact) mass is 246 g/mol. The third-order valence-electron chi connectivity index (χ3n) is 2.57. The van der Waals surface area contributed by atoms with Crippen molar-refractivity contribution in [3.8, 4) is 0 Å². The molecule has 1 N–H and O–H groups in total. The van der Waals surface area contributed by atoms with Crippen LogP contribution in [0.4, 0.5) is 0 Å². The zero-order valence-electron chi connectivity index (χ0n) is 10.5. The van der Waals surface area contributed by atoms with E-state index < -0.39 is 5.97 Å². The molecule has 0 fully saturated rings. The number of carbonyl (C=O) groups is 1. The lowest BCUT2D eigenvalue weighted by Crippen LogP contribution is -1.93. The fraction of sp³-hybridized carbons (Fsp3) is 0.923. The Kier molecular flexibility index (Phi) is 12.7. The van der Waals surface area contributed by atoms with Gasteiger partial charge in [-0.2, -0.15) is 11.8 Å². The first kappa shape index (κ1) is 15.8. The lowest BCUT2D eigenvalue weighted by Gasteiger charge is -2.01. The van der Waals surface area contributed by atoms with Crippen LogP contribution in [0.1, 0.15) is 64.7 Å². The molecule has 0 aliphatic carbocycles. The Balaban J connectivity index is 2.90. The number of thioether (sulfide) groups is 1. The molecule has 0 spiro atoms. The smallest absolute Gasteiger partial charge is 0.303 e. The van der Waals surface area contributed by atoms with E-state index in [4.69, 9.17) is 5.11 Å². The topological polar surface area (TPSA) is 37.3 Å². The summed E-state index contributed by atoms with van der Waals surface area (Å²) in [6.45, 7) is 2.24. The fourth-order valence-electron chi connectivity index (χ4n) is 1.57. The van der Waals surface area contributed by atoms with Gasteiger partial charge in [-0.05, 0) is 30.8 Å². The van der Waals surface area contributed by atoms with Crippen molar-refractivity contribution in [2.45, 2.75) is 64.7 Å². The van der Waals surface area contributed by atoms with Crippen LogP contribution in [0.2, 0.25) is 0 Å². The van der Waals surface area contributed by atoms with Gasteiger partial charge in [0, 0.05) is 6.42 Å². The summed E-state index contributed by atoms with van der Waals surface area (Å²) in [4.78, 5) is 10.3. The van der Waals surface area contributed by atoms with E-state index in [2.05, 4.69) is 18.7 Å². The summed E-state index contributed by atoms with van der Waals surface area (Å²) < 4.78 is 0. The van der Waals surface area contributed by atoms with Gasteiger partial charge in [0.15, 0.2) is 0 Å². The van der Waals surface area contributed by atoms with Crippen LogP contribution in [-0.4, -0.2) is 22.6 Å². The van der Waals surface area contributed by atoms with E-state index >= 15 is 0 Å². The maximum atomic E-state index is 10.3. The van der Waals surface area contributed by atoms with Gasteiger partial charge in [-0.1, -0.05) is 39.0 Å². The van der Waals surface area contributed by atoms with Gasteiger partial charge in [-0.25, -0.2) is 0 Å². The minimum absolute atomic E-state index is 0.339. The van der Waals surface area contributed by atoms with Crippen LogP contribution < -0.4 is 0 Å². The van der Waals surface area contributed by atoms with Crippen molar-refractivity contribution in [1.29, 1.82) is 0 Å². The molecule has 0 aromatic heterocycles. The molecule has 0 aromatic carbocycles. The Morgan fingerprint density at radius 3 is 2.12 bits per heavy atom. The molecule has 0 rings (SSSR count). The Hall–Kier alpha value is -0.180. The molecule has 0 aliphatic rings. The molecule has 0 amide bonds. The lowest BCUT2D eigenvalue weighted by atomic mass is 10.1. The molecule has 3 heteroatoms. The average Bonchev–Trinajstić information content (AvgIpc) is 2.25. The van der Waals surface area contributed by atoms with Gasteiger partial charge >= 0.3 is 5.97 Å². The average molecular weight is 246 g/mol. The second kappa shape index (κ2) is 12.9. The normalized spacial score (nSPS) is 10.6. The molecular weight excluding hydrogens is 220 g/mol. The van der Waals surface area contributed by atoms with Crippen molar-refractivity contribution in [3.63, 3.8) is 0 Å². The van der Waals surface area contributed by atoms with Crippen LogP contribution in [0.25, 0.3) is 0 Å². The van der Waals surface area contributed by atoms with E-state index in [0.717, 1.165) is 12.8 Å². The Morgan fingerprint density at radius 1 is 0.938 bits per heavy atom. The molecule has 96 valence electrons. The van der Waals surface area contributed by atoms with Crippen molar-refractivity contribution >= 4 is 17.7 Å². The highest BCUT2D eigenvalue weighted by Gasteiger charge is 1.96. The van der Waals surface area contributed by atoms with Gasteiger partial charge in [-0.3, -0.25) is 4.79 Å². The maximum Gasteiger partial charge on any atom is 0.303 e. The van der Waals surface area contributed by atoms with Gasteiger partial charge in [-0.15, -0.1) is 0 Å². The fourth-order valence-corrected chi connectivity index (χ4v) is 2.59. The quantitative estimate of drug-likeness (QED) is 0.521. The molecular formula is C13H26O2S. The van der Waals surface area contributed by atoms with Crippen LogP contribution >= 0.6 is 11.8 Å². The summed E-state index contributed by atoms with van der Waals surface area (Å²) in [6, 6.07) is 0. The van der Waals surface area contributed by atoms with Crippen LogP contribution in [-0.2, 0) is 4.79 Å². The summed E-state index contributed by atoms with van der Waals surface area (Å²) in [5.74, 6) is 1.93. The highest BCUT2D eigenvalue weighted by atomic mass is 32.2. The third kappa shape index (κ3) is 13.8. The summed E-state index contributed by atoms with van der Waals surface area (Å²) in [7, 11) is 0. The number of hydrogen-bond acceptors (Lipinski definition) is 2. The molecule has 0 aromatic rings. The van der Waals surface area contributed by atoms with E-state index in [9.17, 15) is 4.79 Å². The van der Waals surface area contributed by atoms with Crippen LogP contribution in [0.15, 0.2) is 0 Å². The van der Waals surface area contributed by atoms with Crippen molar-refractivity contribution in [1.82, 2.24) is 0 Å². The predicted octanol–water partition coefficient (Wildman–Crippen LogP) is 4.34. The van der Waals surface area contributed by atoms with Gasteiger partial charge < -0.3 is 5.11 Å². The summed E-state index contributed by atoms with van der Waals surface area (Å²) in [5.41, 5.74) is 0.